The monoisotopic (exact) mass is 437 g/mol. The molecule has 0 saturated heterocycles. The van der Waals surface area contributed by atoms with Gasteiger partial charge in [0.25, 0.3) is 5.88 Å². The molecule has 1 heterocycles. The number of hydrogen-bond donors (Lipinski definition) is 0. The van der Waals surface area contributed by atoms with E-state index in [-0.39, 0.29) is 41.4 Å². The van der Waals surface area contributed by atoms with Crippen LogP contribution in [0.4, 0.5) is 13.2 Å². The molecule has 0 radical (unpaired) electrons. The number of rotatable bonds is 10. The second-order valence-electron chi connectivity index (χ2n) is 6.91. The van der Waals surface area contributed by atoms with Crippen LogP contribution in [-0.2, 0) is 10.7 Å². The predicted molar refractivity (Wildman–Crippen MR) is 106 cm³/mol. The minimum Gasteiger partial charge on any atom is -0.491 e. The second kappa shape index (κ2) is 9.74. The smallest absolute Gasteiger partial charge is 0.306 e. The van der Waals surface area contributed by atoms with Crippen LogP contribution in [-0.4, -0.2) is 31.8 Å². The van der Waals surface area contributed by atoms with Crippen LogP contribution < -0.4 is 14.2 Å². The molecule has 6 nitrogen and oxygen atoms in total. The van der Waals surface area contributed by atoms with Gasteiger partial charge in [-0.1, -0.05) is 12.1 Å². The van der Waals surface area contributed by atoms with E-state index in [4.69, 9.17) is 23.5 Å². The number of benzene rings is 2. The van der Waals surface area contributed by atoms with Gasteiger partial charge in [0.2, 0.25) is 0 Å². The number of nitrogens with zero attached hydrogens (tertiary/aromatic N) is 1. The Balaban J connectivity index is 1.68. The molecule has 9 heteroatoms. The van der Waals surface area contributed by atoms with Crippen LogP contribution in [0.3, 0.4) is 0 Å². The fourth-order valence-electron chi connectivity index (χ4n) is 2.69. The van der Waals surface area contributed by atoms with Crippen molar-refractivity contribution in [3.05, 3.63) is 59.9 Å². The Hall–Kier alpha value is -3.20. The first-order chi connectivity index (χ1) is 14.8. The Kier molecular flexibility index (Phi) is 7.06. The van der Waals surface area contributed by atoms with Gasteiger partial charge in [0.1, 0.15) is 17.3 Å². The van der Waals surface area contributed by atoms with E-state index in [1.807, 2.05) is 0 Å². The molecule has 0 atom stereocenters. The number of halogens is 3. The second-order valence-corrected chi connectivity index (χ2v) is 6.91. The molecule has 0 aliphatic heterocycles. The van der Waals surface area contributed by atoms with Gasteiger partial charge in [-0.05, 0) is 43.3 Å². The molecule has 3 rings (SSSR count). The van der Waals surface area contributed by atoms with Gasteiger partial charge in [0.15, 0.2) is 19.2 Å². The maximum atomic E-state index is 14.6. The molecular formula is C22H22F3NO5. The molecule has 0 aliphatic rings. The molecular weight excluding hydrogens is 415 g/mol. The van der Waals surface area contributed by atoms with Crippen molar-refractivity contribution in [2.24, 2.45) is 0 Å². The van der Waals surface area contributed by atoms with Crippen molar-refractivity contribution in [3.8, 4) is 28.7 Å². The molecule has 1 aromatic heterocycles. The van der Waals surface area contributed by atoms with Crippen LogP contribution >= 0.6 is 0 Å². The normalized spacial score (nSPS) is 11.6. The highest BCUT2D eigenvalue weighted by atomic mass is 19.3. The fraction of sp³-hybridized carbons (Fsp3) is 0.318. The SMILES string of the molecule is COCOc1cc(-c2ccc(OCC(F)(F)c3cccc(OC(C)C)c3)cc2F)on1. The summed E-state index contributed by atoms with van der Waals surface area (Å²) in [7, 11) is 1.44. The molecule has 0 saturated carbocycles. The van der Waals surface area contributed by atoms with E-state index in [1.54, 1.807) is 19.9 Å². The van der Waals surface area contributed by atoms with E-state index in [0.29, 0.717) is 5.75 Å². The van der Waals surface area contributed by atoms with Gasteiger partial charge in [-0.3, -0.25) is 0 Å². The van der Waals surface area contributed by atoms with E-state index in [9.17, 15) is 13.2 Å². The number of alkyl halides is 2. The summed E-state index contributed by atoms with van der Waals surface area (Å²) in [6, 6.07) is 10.7. The number of aromatic nitrogens is 1. The Bertz CT molecular complexity index is 1010. The summed E-state index contributed by atoms with van der Waals surface area (Å²) >= 11 is 0. The first-order valence-corrected chi connectivity index (χ1v) is 9.44. The van der Waals surface area contributed by atoms with E-state index in [2.05, 4.69) is 5.16 Å². The zero-order valence-corrected chi connectivity index (χ0v) is 17.2. The van der Waals surface area contributed by atoms with Crippen molar-refractivity contribution in [3.63, 3.8) is 0 Å². The van der Waals surface area contributed by atoms with Crippen molar-refractivity contribution in [1.29, 1.82) is 0 Å². The van der Waals surface area contributed by atoms with Gasteiger partial charge >= 0.3 is 5.92 Å². The third kappa shape index (κ3) is 5.91. The van der Waals surface area contributed by atoms with Crippen LogP contribution in [0.5, 0.6) is 17.4 Å². The Morgan fingerprint density at radius 1 is 1.03 bits per heavy atom. The first-order valence-electron chi connectivity index (χ1n) is 9.44. The molecule has 0 N–H and O–H groups in total. The summed E-state index contributed by atoms with van der Waals surface area (Å²) in [6.07, 6.45) is -0.145. The van der Waals surface area contributed by atoms with Crippen molar-refractivity contribution in [2.45, 2.75) is 25.9 Å². The number of hydrogen-bond acceptors (Lipinski definition) is 6. The van der Waals surface area contributed by atoms with E-state index >= 15 is 0 Å². The van der Waals surface area contributed by atoms with Crippen LogP contribution in [0.15, 0.2) is 53.1 Å². The highest BCUT2D eigenvalue weighted by Crippen LogP contribution is 2.33. The highest BCUT2D eigenvalue weighted by molar-refractivity contribution is 5.60. The largest absolute Gasteiger partial charge is 0.491 e. The van der Waals surface area contributed by atoms with E-state index in [0.717, 1.165) is 6.07 Å². The average Bonchev–Trinajstić information content (AvgIpc) is 3.19. The molecule has 31 heavy (non-hydrogen) atoms. The quantitative estimate of drug-likeness (QED) is 0.395. The minimum absolute atomic E-state index is 0.0397. The molecule has 0 aliphatic carbocycles. The first kappa shape index (κ1) is 22.5. The fourth-order valence-corrected chi connectivity index (χ4v) is 2.69. The maximum Gasteiger partial charge on any atom is 0.306 e. The summed E-state index contributed by atoms with van der Waals surface area (Å²) in [6.45, 7) is 2.60. The van der Waals surface area contributed by atoms with Gasteiger partial charge in [0.05, 0.1) is 11.7 Å². The van der Waals surface area contributed by atoms with Gasteiger partial charge in [-0.2, -0.15) is 8.78 Å². The summed E-state index contributed by atoms with van der Waals surface area (Å²) in [5.74, 6) is -3.50. The third-order valence-electron chi connectivity index (χ3n) is 4.07. The lowest BCUT2D eigenvalue weighted by molar-refractivity contribution is -0.0469. The summed E-state index contributed by atoms with van der Waals surface area (Å²) in [5.41, 5.74) is -0.176. The molecule has 0 unspecified atom stereocenters. The maximum absolute atomic E-state index is 14.6. The zero-order valence-electron chi connectivity index (χ0n) is 17.2. The molecule has 2 aromatic carbocycles. The lowest BCUT2D eigenvalue weighted by Crippen LogP contribution is -2.23. The predicted octanol–water partition coefficient (Wildman–Crippen LogP) is 5.42. The van der Waals surface area contributed by atoms with E-state index in [1.165, 1.54) is 43.5 Å². The van der Waals surface area contributed by atoms with Gasteiger partial charge < -0.3 is 23.5 Å². The lowest BCUT2D eigenvalue weighted by Gasteiger charge is -2.19. The molecule has 0 bridgehead atoms. The van der Waals surface area contributed by atoms with Gasteiger partial charge in [-0.25, -0.2) is 4.39 Å². The molecule has 3 aromatic rings. The molecule has 0 spiro atoms. The summed E-state index contributed by atoms with van der Waals surface area (Å²) in [4.78, 5) is 0. The Morgan fingerprint density at radius 3 is 2.55 bits per heavy atom. The Labute approximate surface area is 177 Å². The highest BCUT2D eigenvalue weighted by Gasteiger charge is 2.33. The minimum atomic E-state index is -3.30. The standard InChI is InChI=1S/C22H22F3NO5/c1-14(2)30-17-6-4-5-15(9-17)22(24,25)12-28-16-7-8-18(19(23)10-16)20-11-21(26-31-20)29-13-27-3/h4-11,14H,12-13H2,1-3H3. The van der Waals surface area contributed by atoms with Crippen molar-refractivity contribution < 1.29 is 36.6 Å². The topological polar surface area (TPSA) is 63.0 Å². The summed E-state index contributed by atoms with van der Waals surface area (Å²) < 4.78 is 69.1. The number of methoxy groups -OCH3 is 1. The van der Waals surface area contributed by atoms with E-state index < -0.39 is 18.3 Å². The van der Waals surface area contributed by atoms with Crippen LogP contribution in [0.25, 0.3) is 11.3 Å². The van der Waals surface area contributed by atoms with Gasteiger partial charge in [-0.15, -0.1) is 0 Å². The van der Waals surface area contributed by atoms with Gasteiger partial charge in [0, 0.05) is 24.8 Å². The molecule has 0 fully saturated rings. The zero-order chi connectivity index (χ0) is 22.4. The number of ether oxygens (including phenoxy) is 4. The van der Waals surface area contributed by atoms with Crippen LogP contribution in [0.2, 0.25) is 0 Å². The van der Waals surface area contributed by atoms with Crippen molar-refractivity contribution >= 4 is 0 Å². The lowest BCUT2D eigenvalue weighted by atomic mass is 10.1. The van der Waals surface area contributed by atoms with Crippen molar-refractivity contribution in [1.82, 2.24) is 5.16 Å². The van der Waals surface area contributed by atoms with Crippen LogP contribution in [0.1, 0.15) is 19.4 Å². The Morgan fingerprint density at radius 2 is 1.84 bits per heavy atom. The molecule has 0 amide bonds. The molecule has 166 valence electrons. The summed E-state index contributed by atoms with van der Waals surface area (Å²) in [5, 5.41) is 3.64. The van der Waals surface area contributed by atoms with Crippen molar-refractivity contribution in [2.75, 3.05) is 20.5 Å². The average molecular weight is 437 g/mol. The third-order valence-corrected chi connectivity index (χ3v) is 4.07. The van der Waals surface area contributed by atoms with Crippen LogP contribution in [0, 0.1) is 5.82 Å².